The van der Waals surface area contributed by atoms with E-state index in [0.29, 0.717) is 24.5 Å². The Bertz CT molecular complexity index is 2290. The molecule has 15 heteroatoms. The van der Waals surface area contributed by atoms with Gasteiger partial charge in [0.15, 0.2) is 0 Å². The molecule has 0 aliphatic carbocycles. The van der Waals surface area contributed by atoms with Crippen LogP contribution in [0.2, 0.25) is 5.02 Å². The van der Waals surface area contributed by atoms with Gasteiger partial charge in [0.05, 0.1) is 41.1 Å². The van der Waals surface area contributed by atoms with Crippen LogP contribution in [0.25, 0.3) is 27.7 Å². The van der Waals surface area contributed by atoms with E-state index in [1.807, 2.05) is 53.3 Å². The molecule has 0 unspecified atom stereocenters. The lowest BCUT2D eigenvalue weighted by Gasteiger charge is -2.25. The van der Waals surface area contributed by atoms with Gasteiger partial charge in [-0.25, -0.2) is 9.07 Å². The van der Waals surface area contributed by atoms with Crippen molar-refractivity contribution in [3.05, 3.63) is 114 Å². The number of nitrogens with one attached hydrogen (secondary N) is 1. The molecule has 0 radical (unpaired) electrons. The van der Waals surface area contributed by atoms with Crippen molar-refractivity contribution in [2.45, 2.75) is 31.7 Å². The second kappa shape index (κ2) is 13.9. The fourth-order valence-electron chi connectivity index (χ4n) is 6.79. The summed E-state index contributed by atoms with van der Waals surface area (Å²) in [5.41, 5.74) is 3.34. The van der Waals surface area contributed by atoms with Gasteiger partial charge in [-0.2, -0.15) is 15.3 Å². The molecule has 3 aromatic carbocycles. The number of fused-ring (bicyclic) bond motifs is 6. The molecule has 8 rings (SSSR count). The lowest BCUT2D eigenvalue weighted by atomic mass is 10.0. The van der Waals surface area contributed by atoms with Crippen LogP contribution in [0.15, 0.2) is 97.7 Å². The van der Waals surface area contributed by atoms with E-state index in [-0.39, 0.29) is 55.0 Å². The van der Waals surface area contributed by atoms with Crippen LogP contribution in [0.3, 0.4) is 0 Å². The van der Waals surface area contributed by atoms with Crippen molar-refractivity contribution < 1.29 is 23.5 Å². The van der Waals surface area contributed by atoms with Crippen LogP contribution in [0.5, 0.6) is 5.75 Å². The van der Waals surface area contributed by atoms with Crippen LogP contribution in [0.4, 0.5) is 4.39 Å². The average Bonchev–Trinajstić information content (AvgIpc) is 3.96. The Morgan fingerprint density at radius 3 is 2.73 bits per heavy atom. The van der Waals surface area contributed by atoms with Crippen molar-refractivity contribution in [3.8, 4) is 22.6 Å². The molecule has 13 nitrogen and oxygen atoms in total. The van der Waals surface area contributed by atoms with Crippen molar-refractivity contribution in [1.82, 2.24) is 44.5 Å². The van der Waals surface area contributed by atoms with Crippen LogP contribution in [0.1, 0.15) is 16.8 Å². The van der Waals surface area contributed by atoms with Gasteiger partial charge < -0.3 is 19.9 Å². The summed E-state index contributed by atoms with van der Waals surface area (Å²) < 4.78 is 24.9. The van der Waals surface area contributed by atoms with E-state index in [0.717, 1.165) is 22.0 Å². The highest BCUT2D eigenvalue weighted by Crippen LogP contribution is 2.32. The molecule has 1 fully saturated rings. The number of amides is 3. The number of carbonyl (C=O) groups excluding carboxylic acids is 3. The third-order valence-electron chi connectivity index (χ3n) is 9.35. The van der Waals surface area contributed by atoms with Gasteiger partial charge in [-0.3, -0.25) is 23.7 Å². The van der Waals surface area contributed by atoms with Crippen LogP contribution >= 0.6 is 11.6 Å². The maximum atomic E-state index is 14.0. The second-order valence-corrected chi connectivity index (χ2v) is 13.2. The SMILES string of the molecule is O=C1NCCN(C(=O)Cn2cccn2)CCn2cc3c(cccc3n2)-c2cccc(c2)O[C@H]2C[C@@H]1N(C(=O)c1cnn(-c3ccc(F)cc3Cl)c1)C2. The van der Waals surface area contributed by atoms with Crippen molar-refractivity contribution in [1.29, 1.82) is 0 Å². The van der Waals surface area contributed by atoms with Crippen LogP contribution in [-0.4, -0.2) is 95.2 Å². The number of benzene rings is 3. The number of ether oxygens (including phenoxy) is 1. The van der Waals surface area contributed by atoms with Crippen LogP contribution in [-0.2, 0) is 22.7 Å². The lowest BCUT2D eigenvalue weighted by molar-refractivity contribution is -0.133. The highest BCUT2D eigenvalue weighted by Gasteiger charge is 2.41. The second-order valence-electron chi connectivity index (χ2n) is 12.8. The van der Waals surface area contributed by atoms with Crippen molar-refractivity contribution in [2.24, 2.45) is 0 Å². The largest absolute Gasteiger partial charge is 0.488 e. The Morgan fingerprint density at radius 1 is 1.00 bits per heavy atom. The first kappa shape index (κ1) is 33.1. The van der Waals surface area contributed by atoms with E-state index in [1.165, 1.54) is 40.2 Å². The van der Waals surface area contributed by atoms with Gasteiger partial charge >= 0.3 is 0 Å². The summed E-state index contributed by atoms with van der Waals surface area (Å²) in [6.07, 6.45) is 7.95. The first-order valence-corrected chi connectivity index (χ1v) is 17.2. The maximum Gasteiger partial charge on any atom is 0.257 e. The Hall–Kier alpha value is -6.02. The molecule has 52 heavy (non-hydrogen) atoms. The third-order valence-corrected chi connectivity index (χ3v) is 9.65. The van der Waals surface area contributed by atoms with E-state index in [4.69, 9.17) is 21.4 Å². The zero-order valence-corrected chi connectivity index (χ0v) is 28.6. The number of likely N-dealkylation sites (tertiary alicyclic amines) is 1. The van der Waals surface area contributed by atoms with E-state index < -0.39 is 23.9 Å². The number of rotatable bonds is 4. The molecule has 6 bridgehead atoms. The van der Waals surface area contributed by atoms with Gasteiger partial charge in [-0.1, -0.05) is 35.9 Å². The molecule has 2 atom stereocenters. The first-order valence-electron chi connectivity index (χ1n) is 16.9. The average molecular weight is 722 g/mol. The van der Waals surface area contributed by atoms with Gasteiger partial charge in [-0.15, -0.1) is 0 Å². The molecule has 3 aromatic heterocycles. The molecule has 0 spiro atoms. The molecular formula is C37H33ClFN9O4. The van der Waals surface area contributed by atoms with Gasteiger partial charge in [0.25, 0.3) is 5.91 Å². The topological polar surface area (TPSA) is 132 Å². The fraction of sp³-hybridized carbons (Fsp3) is 0.243. The predicted molar refractivity (Wildman–Crippen MR) is 189 cm³/mol. The Labute approximate surface area is 302 Å². The first-order chi connectivity index (χ1) is 25.3. The minimum Gasteiger partial charge on any atom is -0.488 e. The molecule has 1 saturated heterocycles. The highest BCUT2D eigenvalue weighted by atomic mass is 35.5. The number of aromatic nitrogens is 6. The van der Waals surface area contributed by atoms with E-state index in [1.54, 1.807) is 28.0 Å². The Kier molecular flexibility index (Phi) is 8.89. The Balaban J connectivity index is 1.11. The van der Waals surface area contributed by atoms with Crippen molar-refractivity contribution >= 4 is 40.2 Å². The van der Waals surface area contributed by atoms with Gasteiger partial charge in [0.2, 0.25) is 11.8 Å². The van der Waals surface area contributed by atoms with Gasteiger partial charge in [0.1, 0.15) is 30.3 Å². The van der Waals surface area contributed by atoms with E-state index in [9.17, 15) is 18.8 Å². The van der Waals surface area contributed by atoms with E-state index in [2.05, 4.69) is 15.5 Å². The monoisotopic (exact) mass is 721 g/mol. The highest BCUT2D eigenvalue weighted by molar-refractivity contribution is 6.32. The lowest BCUT2D eigenvalue weighted by Crippen LogP contribution is -2.48. The van der Waals surface area contributed by atoms with Crippen LogP contribution in [0, 0.1) is 5.82 Å². The zero-order chi connectivity index (χ0) is 35.8. The molecular weight excluding hydrogens is 689 g/mol. The molecule has 0 saturated carbocycles. The number of hydrogen-bond acceptors (Lipinski definition) is 7. The molecule has 6 aromatic rings. The maximum absolute atomic E-state index is 14.0. The quantitative estimate of drug-likeness (QED) is 0.289. The molecule has 5 heterocycles. The number of halogens is 2. The summed E-state index contributed by atoms with van der Waals surface area (Å²) in [4.78, 5) is 44.5. The zero-order valence-electron chi connectivity index (χ0n) is 27.8. The summed E-state index contributed by atoms with van der Waals surface area (Å²) in [5, 5.41) is 17.3. The third kappa shape index (κ3) is 6.72. The summed E-state index contributed by atoms with van der Waals surface area (Å²) in [6.45, 7) is 1.35. The standard InChI is InChI=1S/C37H33ClFN9O4/c38-31-17-26(39)8-9-33(31)48-20-25(19-42-48)37(51)47-21-28-18-34(47)36(50)40-11-13-44(35(49)23-45-12-3-10-41-45)14-15-46-22-30-29(6-2-7-32(30)43-46)24-4-1-5-27(16-24)52-28/h1-10,12,16-17,19-20,22,28,34H,11,13-15,18,21,23H2,(H,40,50)/t28-,34-/m0/s1. The predicted octanol–water partition coefficient (Wildman–Crippen LogP) is 4.20. The van der Waals surface area contributed by atoms with E-state index >= 15 is 0 Å². The molecule has 2 aliphatic heterocycles. The van der Waals surface area contributed by atoms with Gasteiger partial charge in [0, 0.05) is 56.2 Å². The summed E-state index contributed by atoms with van der Waals surface area (Å²) in [7, 11) is 0. The number of carbonyl (C=O) groups is 3. The molecule has 3 amide bonds. The minimum absolute atomic E-state index is 0.0449. The number of nitrogens with zero attached hydrogens (tertiary/aromatic N) is 8. The summed E-state index contributed by atoms with van der Waals surface area (Å²) in [6, 6.07) is 18.4. The van der Waals surface area contributed by atoms with Gasteiger partial charge in [-0.05, 0) is 53.6 Å². The smallest absolute Gasteiger partial charge is 0.257 e. The molecule has 264 valence electrons. The van der Waals surface area contributed by atoms with Crippen molar-refractivity contribution in [3.63, 3.8) is 0 Å². The molecule has 1 N–H and O–H groups in total. The fourth-order valence-corrected chi connectivity index (χ4v) is 7.04. The van der Waals surface area contributed by atoms with Crippen molar-refractivity contribution in [2.75, 3.05) is 26.2 Å². The number of hydrogen-bond donors (Lipinski definition) is 1. The summed E-state index contributed by atoms with van der Waals surface area (Å²) in [5.74, 6) is -0.843. The minimum atomic E-state index is -0.861. The van der Waals surface area contributed by atoms with Crippen LogP contribution < -0.4 is 10.1 Å². The Morgan fingerprint density at radius 2 is 1.88 bits per heavy atom. The molecule has 2 aliphatic rings. The summed E-state index contributed by atoms with van der Waals surface area (Å²) >= 11 is 6.25. The normalized spacial score (nSPS) is 17.8.